The van der Waals surface area contributed by atoms with Crippen LogP contribution in [0, 0.1) is 16.7 Å². The van der Waals surface area contributed by atoms with Crippen LogP contribution in [0.2, 0.25) is 0 Å². The summed E-state index contributed by atoms with van der Waals surface area (Å²) in [6.45, 7) is 7.45. The highest BCUT2D eigenvalue weighted by Crippen LogP contribution is 2.71. The van der Waals surface area contributed by atoms with E-state index in [1.165, 1.54) is 19.3 Å². The fraction of sp³-hybridized carbons (Fsp3) is 0.647. The van der Waals surface area contributed by atoms with Gasteiger partial charge >= 0.3 is 0 Å². The number of benzene rings is 1. The maximum absolute atomic E-state index is 10.4. The number of rotatable bonds is 1. The molecule has 108 valence electrons. The van der Waals surface area contributed by atoms with Gasteiger partial charge in [-0.15, -0.1) is 0 Å². The Morgan fingerprint density at radius 2 is 1.85 bits per heavy atom. The molecule has 1 aromatic rings. The Kier molecular flexibility index (Phi) is 2.24. The highest BCUT2D eigenvalue weighted by Gasteiger charge is 2.61. The predicted octanol–water partition coefficient (Wildman–Crippen LogP) is 4.05. The van der Waals surface area contributed by atoms with Crippen LogP contribution in [0.5, 0.6) is 17.2 Å². The van der Waals surface area contributed by atoms with E-state index < -0.39 is 0 Å². The van der Waals surface area contributed by atoms with Gasteiger partial charge in [-0.1, -0.05) is 20.8 Å². The third-order valence-corrected chi connectivity index (χ3v) is 6.69. The summed E-state index contributed by atoms with van der Waals surface area (Å²) in [6, 6.07) is 3.73. The van der Waals surface area contributed by atoms with E-state index in [-0.39, 0.29) is 12.2 Å². The van der Waals surface area contributed by atoms with Crippen molar-refractivity contribution in [3.63, 3.8) is 0 Å². The van der Waals surface area contributed by atoms with Crippen LogP contribution in [0.25, 0.3) is 0 Å². The molecular formula is C17H22O3. The highest BCUT2D eigenvalue weighted by atomic mass is 16.7. The Bertz CT molecular complexity index is 578. The van der Waals surface area contributed by atoms with Crippen LogP contribution in [0.1, 0.15) is 51.5 Å². The third-order valence-electron chi connectivity index (χ3n) is 6.69. The van der Waals surface area contributed by atoms with Gasteiger partial charge in [-0.2, -0.15) is 0 Å². The van der Waals surface area contributed by atoms with Crippen LogP contribution in [-0.2, 0) is 0 Å². The first-order chi connectivity index (χ1) is 9.43. The first kappa shape index (κ1) is 12.4. The van der Waals surface area contributed by atoms with Crippen LogP contribution in [0.4, 0.5) is 0 Å². The van der Waals surface area contributed by atoms with Crippen molar-refractivity contribution >= 4 is 0 Å². The molecule has 1 N–H and O–H groups in total. The van der Waals surface area contributed by atoms with Crippen molar-refractivity contribution in [2.24, 2.45) is 16.7 Å². The van der Waals surface area contributed by atoms with Crippen LogP contribution >= 0.6 is 0 Å². The molecular weight excluding hydrogens is 252 g/mol. The zero-order valence-corrected chi connectivity index (χ0v) is 12.4. The molecule has 1 heterocycles. The van der Waals surface area contributed by atoms with Gasteiger partial charge in [-0.05, 0) is 48.0 Å². The number of hydrogen-bond acceptors (Lipinski definition) is 3. The van der Waals surface area contributed by atoms with Crippen LogP contribution < -0.4 is 9.47 Å². The largest absolute Gasteiger partial charge is 0.508 e. The number of phenolic OH excluding ortho intramolecular Hbond substituents is 1. The smallest absolute Gasteiger partial charge is 0.231 e. The van der Waals surface area contributed by atoms with Gasteiger partial charge in [0.2, 0.25) is 6.79 Å². The van der Waals surface area contributed by atoms with Crippen LogP contribution in [-0.4, -0.2) is 11.9 Å². The average Bonchev–Trinajstić information content (AvgIpc) is 2.98. The molecule has 2 fully saturated rings. The molecule has 1 aliphatic heterocycles. The summed E-state index contributed by atoms with van der Waals surface area (Å²) in [4.78, 5) is 0. The standard InChI is InChI=1S/C17H22O3/c1-16(2)10-4-5-17(16,3)12(6-10)11-7-14-15(8-13(11)18)20-9-19-14/h7-8,10,12,18H,4-6,9H2,1-3H3. The van der Waals surface area contributed by atoms with Crippen molar-refractivity contribution in [1.82, 2.24) is 0 Å². The second-order valence-corrected chi connectivity index (χ2v) is 7.43. The maximum Gasteiger partial charge on any atom is 0.231 e. The van der Waals surface area contributed by atoms with Crippen molar-refractivity contribution < 1.29 is 14.6 Å². The third kappa shape index (κ3) is 1.31. The molecule has 3 aliphatic rings. The zero-order valence-electron chi connectivity index (χ0n) is 12.4. The van der Waals surface area contributed by atoms with E-state index in [9.17, 15) is 5.11 Å². The molecule has 0 aromatic heterocycles. The van der Waals surface area contributed by atoms with E-state index in [0.29, 0.717) is 22.8 Å². The predicted molar refractivity (Wildman–Crippen MR) is 76.2 cm³/mol. The summed E-state index contributed by atoms with van der Waals surface area (Å²) in [5.74, 6) is 3.00. The summed E-state index contributed by atoms with van der Waals surface area (Å²) in [5, 5.41) is 10.4. The Labute approximate surface area is 119 Å². The van der Waals surface area contributed by atoms with E-state index in [2.05, 4.69) is 20.8 Å². The fourth-order valence-electron chi connectivity index (χ4n) is 4.90. The minimum Gasteiger partial charge on any atom is -0.508 e. The Balaban J connectivity index is 1.80. The SMILES string of the molecule is CC1(C)C2CCC1(C)C(c1cc3c(cc1O)OCO3)C2. The number of ether oxygens (including phenoxy) is 2. The lowest BCUT2D eigenvalue weighted by Crippen LogP contribution is -2.31. The number of aromatic hydroxyl groups is 1. The molecule has 0 amide bonds. The first-order valence-corrected chi connectivity index (χ1v) is 7.56. The maximum atomic E-state index is 10.4. The molecule has 3 unspecified atom stereocenters. The van der Waals surface area contributed by atoms with Gasteiger partial charge in [-0.25, -0.2) is 0 Å². The van der Waals surface area contributed by atoms with Crippen molar-refractivity contribution in [2.75, 3.05) is 6.79 Å². The topological polar surface area (TPSA) is 38.7 Å². The van der Waals surface area contributed by atoms with Crippen molar-refractivity contribution in [3.8, 4) is 17.2 Å². The molecule has 2 aliphatic carbocycles. The molecule has 3 atom stereocenters. The summed E-state index contributed by atoms with van der Waals surface area (Å²) in [7, 11) is 0. The molecule has 2 saturated carbocycles. The lowest BCUT2D eigenvalue weighted by molar-refractivity contribution is 0.133. The minimum absolute atomic E-state index is 0.258. The lowest BCUT2D eigenvalue weighted by Gasteiger charge is -2.39. The molecule has 20 heavy (non-hydrogen) atoms. The van der Waals surface area contributed by atoms with Gasteiger partial charge in [0.1, 0.15) is 5.75 Å². The summed E-state index contributed by atoms with van der Waals surface area (Å²) in [5.41, 5.74) is 1.66. The van der Waals surface area contributed by atoms with Crippen molar-refractivity contribution in [3.05, 3.63) is 17.7 Å². The summed E-state index contributed by atoms with van der Waals surface area (Å²) < 4.78 is 10.8. The van der Waals surface area contributed by atoms with Crippen molar-refractivity contribution in [2.45, 2.75) is 46.0 Å². The van der Waals surface area contributed by atoms with E-state index in [1.807, 2.05) is 6.07 Å². The van der Waals surface area contributed by atoms with Gasteiger partial charge in [0, 0.05) is 11.6 Å². The van der Waals surface area contributed by atoms with Gasteiger partial charge < -0.3 is 14.6 Å². The highest BCUT2D eigenvalue weighted by molar-refractivity contribution is 5.53. The quantitative estimate of drug-likeness (QED) is 0.839. The van der Waals surface area contributed by atoms with Gasteiger partial charge in [0.15, 0.2) is 11.5 Å². The van der Waals surface area contributed by atoms with Crippen LogP contribution in [0.3, 0.4) is 0 Å². The number of fused-ring (bicyclic) bond motifs is 3. The van der Waals surface area contributed by atoms with Crippen LogP contribution in [0.15, 0.2) is 12.1 Å². The Hall–Kier alpha value is -1.38. The Morgan fingerprint density at radius 3 is 2.45 bits per heavy atom. The molecule has 2 bridgehead atoms. The first-order valence-electron chi connectivity index (χ1n) is 7.56. The van der Waals surface area contributed by atoms with Crippen molar-refractivity contribution in [1.29, 1.82) is 0 Å². The zero-order chi connectivity index (χ0) is 14.1. The molecule has 3 nitrogen and oxygen atoms in total. The van der Waals surface area contributed by atoms with Gasteiger partial charge in [0.25, 0.3) is 0 Å². The molecule has 3 heteroatoms. The van der Waals surface area contributed by atoms with Gasteiger partial charge in [0.05, 0.1) is 0 Å². The second-order valence-electron chi connectivity index (χ2n) is 7.43. The summed E-state index contributed by atoms with van der Waals surface area (Å²) in [6.07, 6.45) is 3.76. The molecule has 0 saturated heterocycles. The summed E-state index contributed by atoms with van der Waals surface area (Å²) >= 11 is 0. The van der Waals surface area contributed by atoms with E-state index >= 15 is 0 Å². The lowest BCUT2D eigenvalue weighted by atomic mass is 9.65. The minimum atomic E-state index is 0.258. The fourth-order valence-corrected chi connectivity index (χ4v) is 4.90. The van der Waals surface area contributed by atoms with Gasteiger partial charge in [-0.3, -0.25) is 0 Å². The molecule has 0 radical (unpaired) electrons. The molecule has 4 rings (SSSR count). The molecule has 1 aromatic carbocycles. The number of phenols is 1. The average molecular weight is 274 g/mol. The number of hydrogen-bond donors (Lipinski definition) is 1. The molecule has 0 spiro atoms. The second kappa shape index (κ2) is 3.63. The normalized spacial score (nSPS) is 36.5. The Morgan fingerprint density at radius 1 is 1.15 bits per heavy atom. The monoisotopic (exact) mass is 274 g/mol. The van der Waals surface area contributed by atoms with E-state index in [4.69, 9.17) is 9.47 Å². The van der Waals surface area contributed by atoms with E-state index in [1.54, 1.807) is 6.07 Å². The van der Waals surface area contributed by atoms with E-state index in [0.717, 1.165) is 17.2 Å².